The normalized spacial score (nSPS) is 11.4. The van der Waals surface area contributed by atoms with Crippen LogP contribution < -0.4 is 4.90 Å². The van der Waals surface area contributed by atoms with Crippen molar-refractivity contribution < 1.29 is 0 Å². The number of rotatable bonds is 4. The summed E-state index contributed by atoms with van der Waals surface area (Å²) in [6.45, 7) is 0. The molecule has 0 aliphatic rings. The maximum absolute atomic E-state index is 3.70. The molecule has 1 aromatic heterocycles. The molecule has 0 saturated carbocycles. The summed E-state index contributed by atoms with van der Waals surface area (Å²) in [5, 5.41) is 4.92. The van der Waals surface area contributed by atoms with Gasteiger partial charge in [0.15, 0.2) is 0 Å². The largest absolute Gasteiger partial charge is 0.310 e. The molecule has 0 bridgehead atoms. The van der Waals surface area contributed by atoms with Crippen LogP contribution in [0.4, 0.5) is 17.1 Å². The number of nitrogens with zero attached hydrogens (tertiary/aromatic N) is 2. The van der Waals surface area contributed by atoms with Gasteiger partial charge in [0.05, 0.1) is 16.7 Å². The zero-order valence-electron chi connectivity index (χ0n) is 20.1. The quantitative estimate of drug-likeness (QED) is 0.216. The van der Waals surface area contributed by atoms with Crippen molar-refractivity contribution >= 4 is 65.6 Å². The lowest BCUT2D eigenvalue weighted by atomic mass is 10.1. The van der Waals surface area contributed by atoms with E-state index in [9.17, 15) is 0 Å². The predicted octanol–water partition coefficient (Wildman–Crippen LogP) is 10.2. The van der Waals surface area contributed by atoms with E-state index in [1.165, 1.54) is 38.3 Å². The average molecular weight is 539 g/mol. The molecular weight excluding hydrogens is 516 g/mol. The van der Waals surface area contributed by atoms with Crippen LogP contribution >= 0.6 is 15.9 Å². The molecule has 2 nitrogen and oxygen atoms in total. The number of hydrogen-bond donors (Lipinski definition) is 0. The Balaban J connectivity index is 1.52. The lowest BCUT2D eigenvalue weighted by molar-refractivity contribution is 1.18. The van der Waals surface area contributed by atoms with Crippen molar-refractivity contribution in [2.24, 2.45) is 0 Å². The van der Waals surface area contributed by atoms with Crippen LogP contribution in [0.3, 0.4) is 0 Å². The van der Waals surface area contributed by atoms with Crippen molar-refractivity contribution in [1.29, 1.82) is 0 Å². The van der Waals surface area contributed by atoms with E-state index in [0.29, 0.717) is 0 Å². The molecule has 0 spiro atoms. The minimum absolute atomic E-state index is 1.05. The molecule has 0 radical (unpaired) electrons. The van der Waals surface area contributed by atoms with E-state index in [2.05, 4.69) is 165 Å². The molecule has 3 heteroatoms. The minimum atomic E-state index is 1.05. The van der Waals surface area contributed by atoms with E-state index >= 15 is 0 Å². The number of fused-ring (bicyclic) bond motifs is 4. The maximum Gasteiger partial charge on any atom is 0.0542 e. The van der Waals surface area contributed by atoms with Crippen LogP contribution in [-0.2, 0) is 0 Å². The Labute approximate surface area is 224 Å². The first-order valence-electron chi connectivity index (χ1n) is 12.4. The zero-order chi connectivity index (χ0) is 24.8. The van der Waals surface area contributed by atoms with Gasteiger partial charge >= 0.3 is 0 Å². The van der Waals surface area contributed by atoms with E-state index < -0.39 is 0 Å². The van der Waals surface area contributed by atoms with Gasteiger partial charge in [-0.15, -0.1) is 0 Å². The summed E-state index contributed by atoms with van der Waals surface area (Å²) in [6.07, 6.45) is 0. The summed E-state index contributed by atoms with van der Waals surface area (Å²) in [5.74, 6) is 0. The molecule has 0 fully saturated rings. The highest BCUT2D eigenvalue weighted by atomic mass is 79.9. The van der Waals surface area contributed by atoms with Gasteiger partial charge in [-0.25, -0.2) is 0 Å². The second kappa shape index (κ2) is 8.95. The highest BCUT2D eigenvalue weighted by Crippen LogP contribution is 2.42. The van der Waals surface area contributed by atoms with Gasteiger partial charge in [0.2, 0.25) is 0 Å². The predicted molar refractivity (Wildman–Crippen MR) is 161 cm³/mol. The molecule has 0 atom stereocenters. The highest BCUT2D eigenvalue weighted by Gasteiger charge is 2.18. The Bertz CT molecular complexity index is 1900. The van der Waals surface area contributed by atoms with Crippen LogP contribution in [0, 0.1) is 0 Å². The Hall–Kier alpha value is -4.34. The van der Waals surface area contributed by atoms with Crippen LogP contribution in [0.2, 0.25) is 0 Å². The highest BCUT2D eigenvalue weighted by molar-refractivity contribution is 9.10. The van der Waals surface area contributed by atoms with Crippen molar-refractivity contribution in [3.05, 3.63) is 144 Å². The Morgan fingerprint density at radius 3 is 2.03 bits per heavy atom. The maximum atomic E-state index is 3.70. The molecule has 6 aromatic carbocycles. The van der Waals surface area contributed by atoms with Crippen LogP contribution in [-0.4, -0.2) is 4.57 Å². The van der Waals surface area contributed by atoms with E-state index in [4.69, 9.17) is 0 Å². The first-order chi connectivity index (χ1) is 18.3. The summed E-state index contributed by atoms with van der Waals surface area (Å²) < 4.78 is 3.41. The van der Waals surface area contributed by atoms with Crippen molar-refractivity contribution in [2.45, 2.75) is 0 Å². The molecule has 37 heavy (non-hydrogen) atoms. The monoisotopic (exact) mass is 538 g/mol. The van der Waals surface area contributed by atoms with Crippen LogP contribution in [0.15, 0.2) is 144 Å². The van der Waals surface area contributed by atoms with Gasteiger partial charge in [-0.05, 0) is 66.0 Å². The number of hydrogen-bond acceptors (Lipinski definition) is 1. The van der Waals surface area contributed by atoms with Gasteiger partial charge in [0.1, 0.15) is 0 Å². The summed E-state index contributed by atoms with van der Waals surface area (Å²) in [6, 6.07) is 49.7. The third-order valence-electron chi connectivity index (χ3n) is 7.00. The van der Waals surface area contributed by atoms with Crippen LogP contribution in [0.1, 0.15) is 0 Å². The Kier molecular flexibility index (Phi) is 5.30. The number of anilines is 3. The molecule has 0 saturated heterocycles. The van der Waals surface area contributed by atoms with Gasteiger partial charge in [0.25, 0.3) is 0 Å². The van der Waals surface area contributed by atoms with Gasteiger partial charge in [0, 0.05) is 37.7 Å². The fraction of sp³-hybridized carbons (Fsp3) is 0. The first kappa shape index (κ1) is 21.9. The molecule has 0 N–H and O–H groups in total. The van der Waals surface area contributed by atoms with Gasteiger partial charge < -0.3 is 9.47 Å². The van der Waals surface area contributed by atoms with E-state index in [1.54, 1.807) is 0 Å². The second-order valence-corrected chi connectivity index (χ2v) is 10.1. The molecule has 176 valence electrons. The SMILES string of the molecule is Brc1cccc(N(c2ccc3c(c2)c2ccccc2n3-c2ccccc2)c2cccc3ccccc23)c1. The smallest absolute Gasteiger partial charge is 0.0542 e. The summed E-state index contributed by atoms with van der Waals surface area (Å²) in [4.78, 5) is 2.36. The fourth-order valence-corrected chi connectivity index (χ4v) is 5.79. The molecule has 0 amide bonds. The lowest BCUT2D eigenvalue weighted by Crippen LogP contribution is -2.10. The standard InChI is InChI=1S/C34H23BrN2/c35-25-12-9-15-27(22-25)36(32-19-8-11-24-10-4-5-16-29(24)32)28-20-21-34-31(23-28)30-17-6-7-18-33(30)37(34)26-13-2-1-3-14-26/h1-23H. The van der Waals surface area contributed by atoms with Crippen molar-refractivity contribution in [2.75, 3.05) is 4.90 Å². The number of para-hydroxylation sites is 2. The summed E-state index contributed by atoms with van der Waals surface area (Å²) in [7, 11) is 0. The zero-order valence-corrected chi connectivity index (χ0v) is 21.6. The average Bonchev–Trinajstić information content (AvgIpc) is 3.28. The third-order valence-corrected chi connectivity index (χ3v) is 7.50. The van der Waals surface area contributed by atoms with Crippen molar-refractivity contribution in [3.8, 4) is 5.69 Å². The Morgan fingerprint density at radius 1 is 0.486 bits per heavy atom. The number of benzene rings is 6. The molecule has 0 unspecified atom stereocenters. The molecule has 0 aliphatic heterocycles. The molecule has 7 rings (SSSR count). The van der Waals surface area contributed by atoms with Gasteiger partial charge in [-0.2, -0.15) is 0 Å². The third kappa shape index (κ3) is 3.71. The van der Waals surface area contributed by atoms with Crippen molar-refractivity contribution in [3.63, 3.8) is 0 Å². The topological polar surface area (TPSA) is 8.17 Å². The van der Waals surface area contributed by atoms with Crippen molar-refractivity contribution in [1.82, 2.24) is 4.57 Å². The van der Waals surface area contributed by atoms with E-state index in [-0.39, 0.29) is 0 Å². The molecule has 7 aromatic rings. The molecular formula is C34H23BrN2. The van der Waals surface area contributed by atoms with Gasteiger partial charge in [-0.3, -0.25) is 0 Å². The number of halogens is 1. The van der Waals surface area contributed by atoms with E-state index in [0.717, 1.165) is 21.5 Å². The number of aromatic nitrogens is 1. The second-order valence-electron chi connectivity index (χ2n) is 9.20. The van der Waals surface area contributed by atoms with Crippen LogP contribution in [0.5, 0.6) is 0 Å². The summed E-state index contributed by atoms with van der Waals surface area (Å²) >= 11 is 3.70. The Morgan fingerprint density at radius 2 is 1.16 bits per heavy atom. The van der Waals surface area contributed by atoms with Crippen LogP contribution in [0.25, 0.3) is 38.3 Å². The van der Waals surface area contributed by atoms with Gasteiger partial charge in [-0.1, -0.05) is 94.8 Å². The first-order valence-corrected chi connectivity index (χ1v) is 13.2. The fourth-order valence-electron chi connectivity index (χ4n) is 5.40. The molecule has 0 aliphatic carbocycles. The molecule has 1 heterocycles. The lowest BCUT2D eigenvalue weighted by Gasteiger charge is -2.27. The van der Waals surface area contributed by atoms with E-state index in [1.807, 2.05) is 0 Å². The summed E-state index contributed by atoms with van der Waals surface area (Å²) in [5.41, 5.74) is 6.96. The minimum Gasteiger partial charge on any atom is -0.310 e.